The number of aryl methyl sites for hydroxylation is 1. The van der Waals surface area contributed by atoms with E-state index in [0.717, 1.165) is 19.4 Å². The van der Waals surface area contributed by atoms with Crippen molar-refractivity contribution in [2.75, 3.05) is 6.54 Å². The van der Waals surface area contributed by atoms with Crippen LogP contribution in [0, 0.1) is 0 Å². The molecule has 100 valence electrons. The highest BCUT2D eigenvalue weighted by Crippen LogP contribution is 2.12. The summed E-state index contributed by atoms with van der Waals surface area (Å²) < 4.78 is 2.74. The van der Waals surface area contributed by atoms with Crippen LogP contribution in [-0.2, 0) is 6.54 Å². The zero-order valence-electron chi connectivity index (χ0n) is 10.4. The van der Waals surface area contributed by atoms with Crippen LogP contribution in [0.2, 0.25) is 0 Å². The van der Waals surface area contributed by atoms with Crippen molar-refractivity contribution in [3.8, 4) is 0 Å². The van der Waals surface area contributed by atoms with Gasteiger partial charge in [0.05, 0.1) is 6.33 Å². The third-order valence-corrected chi connectivity index (χ3v) is 3.30. The molecule has 2 aromatic heterocycles. The van der Waals surface area contributed by atoms with Gasteiger partial charge < -0.3 is 9.88 Å². The quantitative estimate of drug-likeness (QED) is 0.830. The van der Waals surface area contributed by atoms with Crippen LogP contribution < -0.4 is 5.32 Å². The number of aromatic nitrogens is 3. The molecule has 0 atom stereocenters. The Hall–Kier alpha value is -1.69. The van der Waals surface area contributed by atoms with Gasteiger partial charge in [-0.3, -0.25) is 4.79 Å². The van der Waals surface area contributed by atoms with Gasteiger partial charge in [-0.15, -0.1) is 0 Å². The Balaban J connectivity index is 1.68. The Kier molecular flexibility index (Phi) is 5.09. The summed E-state index contributed by atoms with van der Waals surface area (Å²) in [5.74, 6) is -0.143. The summed E-state index contributed by atoms with van der Waals surface area (Å²) in [6.45, 7) is 1.57. The average molecular weight is 323 g/mol. The summed E-state index contributed by atoms with van der Waals surface area (Å²) in [6.07, 6.45) is 9.03. The highest BCUT2D eigenvalue weighted by atomic mass is 79.9. The molecule has 0 saturated heterocycles. The van der Waals surface area contributed by atoms with E-state index in [4.69, 9.17) is 0 Å². The molecule has 2 heterocycles. The highest BCUT2D eigenvalue weighted by molar-refractivity contribution is 9.10. The van der Waals surface area contributed by atoms with Crippen molar-refractivity contribution in [1.29, 1.82) is 0 Å². The minimum absolute atomic E-state index is 0.143. The van der Waals surface area contributed by atoms with Crippen LogP contribution in [0.4, 0.5) is 0 Å². The number of halogens is 1. The Bertz CT molecular complexity index is 527. The number of amides is 1. The predicted molar refractivity (Wildman–Crippen MR) is 75.7 cm³/mol. The average Bonchev–Trinajstić information content (AvgIpc) is 2.92. The summed E-state index contributed by atoms with van der Waals surface area (Å²) in [5.41, 5.74) is 0.428. The van der Waals surface area contributed by atoms with Crippen LogP contribution in [0.5, 0.6) is 0 Å². The fourth-order valence-corrected chi connectivity index (χ4v) is 2.11. The molecule has 0 aliphatic heterocycles. The maximum absolute atomic E-state index is 11.8. The van der Waals surface area contributed by atoms with Crippen molar-refractivity contribution in [3.63, 3.8) is 0 Å². The minimum atomic E-state index is -0.143. The lowest BCUT2D eigenvalue weighted by Crippen LogP contribution is -2.25. The minimum Gasteiger partial charge on any atom is -0.351 e. The molecule has 0 unspecified atom stereocenters. The summed E-state index contributed by atoms with van der Waals surface area (Å²) in [7, 11) is 0. The van der Waals surface area contributed by atoms with Gasteiger partial charge >= 0.3 is 0 Å². The second-order valence-corrected chi connectivity index (χ2v) is 4.95. The highest BCUT2D eigenvalue weighted by Gasteiger charge is 2.09. The number of carbonyl (C=O) groups is 1. The first-order chi connectivity index (χ1) is 9.27. The van der Waals surface area contributed by atoms with Crippen molar-refractivity contribution >= 4 is 21.8 Å². The van der Waals surface area contributed by atoms with Crippen LogP contribution in [0.25, 0.3) is 0 Å². The summed E-state index contributed by atoms with van der Waals surface area (Å²) in [4.78, 5) is 19.9. The molecule has 0 spiro atoms. The maximum atomic E-state index is 11.8. The summed E-state index contributed by atoms with van der Waals surface area (Å²) in [5, 5.41) is 2.86. The van der Waals surface area contributed by atoms with Crippen molar-refractivity contribution < 1.29 is 4.79 Å². The molecule has 0 radical (unpaired) electrons. The van der Waals surface area contributed by atoms with Gasteiger partial charge in [0, 0.05) is 36.2 Å². The third-order valence-electron chi connectivity index (χ3n) is 2.66. The van der Waals surface area contributed by atoms with Crippen LogP contribution >= 0.6 is 15.9 Å². The van der Waals surface area contributed by atoms with E-state index in [0.29, 0.717) is 16.7 Å². The molecule has 0 fully saturated rings. The van der Waals surface area contributed by atoms with E-state index in [-0.39, 0.29) is 5.91 Å². The Morgan fingerprint density at radius 1 is 1.37 bits per heavy atom. The van der Waals surface area contributed by atoms with Crippen molar-refractivity contribution in [1.82, 2.24) is 19.9 Å². The number of hydrogen-bond acceptors (Lipinski definition) is 3. The SMILES string of the molecule is O=C(NCCCCn1ccnc1)c1ncccc1Br. The summed E-state index contributed by atoms with van der Waals surface area (Å²) in [6, 6.07) is 3.59. The van der Waals surface area contributed by atoms with E-state index in [1.54, 1.807) is 30.9 Å². The van der Waals surface area contributed by atoms with E-state index in [9.17, 15) is 4.79 Å². The lowest BCUT2D eigenvalue weighted by Gasteiger charge is -2.06. The maximum Gasteiger partial charge on any atom is 0.271 e. The van der Waals surface area contributed by atoms with Crippen LogP contribution in [0.15, 0.2) is 41.5 Å². The lowest BCUT2D eigenvalue weighted by molar-refractivity contribution is 0.0947. The second-order valence-electron chi connectivity index (χ2n) is 4.10. The number of carbonyl (C=O) groups excluding carboxylic acids is 1. The van der Waals surface area contributed by atoms with Crippen LogP contribution in [-0.4, -0.2) is 27.0 Å². The van der Waals surface area contributed by atoms with Crippen LogP contribution in [0.3, 0.4) is 0 Å². The van der Waals surface area contributed by atoms with Gasteiger partial charge in [-0.2, -0.15) is 0 Å². The van der Waals surface area contributed by atoms with Gasteiger partial charge in [0.15, 0.2) is 0 Å². The number of pyridine rings is 1. The molecule has 0 aromatic carbocycles. The van der Waals surface area contributed by atoms with Gasteiger partial charge in [0.2, 0.25) is 0 Å². The topological polar surface area (TPSA) is 59.8 Å². The second kappa shape index (κ2) is 7.04. The van der Waals surface area contributed by atoms with Gasteiger partial charge in [0.25, 0.3) is 5.91 Å². The standard InChI is InChI=1S/C13H15BrN4O/c14-11-4-3-6-16-12(11)13(19)17-5-1-2-8-18-9-7-15-10-18/h3-4,6-7,9-10H,1-2,5,8H2,(H,17,19). The lowest BCUT2D eigenvalue weighted by atomic mass is 10.3. The van der Waals surface area contributed by atoms with Crippen molar-refractivity contribution in [3.05, 3.63) is 47.2 Å². The molecule has 0 saturated carbocycles. The first-order valence-electron chi connectivity index (χ1n) is 6.12. The largest absolute Gasteiger partial charge is 0.351 e. The molecule has 1 N–H and O–H groups in total. The number of rotatable bonds is 6. The predicted octanol–water partition coefficient (Wildman–Crippen LogP) is 2.25. The molecule has 2 aromatic rings. The van der Waals surface area contributed by atoms with Gasteiger partial charge in [-0.25, -0.2) is 9.97 Å². The van der Waals surface area contributed by atoms with Gasteiger partial charge in [-0.1, -0.05) is 0 Å². The van der Waals surface area contributed by atoms with Gasteiger partial charge in [-0.05, 0) is 40.9 Å². The van der Waals surface area contributed by atoms with Gasteiger partial charge in [0.1, 0.15) is 5.69 Å². The molecule has 6 heteroatoms. The number of nitrogens with zero attached hydrogens (tertiary/aromatic N) is 3. The molecule has 0 aliphatic rings. The van der Waals surface area contributed by atoms with E-state index in [1.807, 2.05) is 10.8 Å². The van der Waals surface area contributed by atoms with E-state index >= 15 is 0 Å². The van der Waals surface area contributed by atoms with Crippen LogP contribution in [0.1, 0.15) is 23.3 Å². The molecule has 0 bridgehead atoms. The molecule has 0 aliphatic carbocycles. The number of imidazole rings is 1. The number of nitrogens with one attached hydrogen (secondary N) is 1. The molecular weight excluding hydrogens is 308 g/mol. The fraction of sp³-hybridized carbons (Fsp3) is 0.308. The van der Waals surface area contributed by atoms with E-state index < -0.39 is 0 Å². The Labute approximate surface area is 120 Å². The first-order valence-corrected chi connectivity index (χ1v) is 6.91. The van der Waals surface area contributed by atoms with Crippen molar-refractivity contribution in [2.45, 2.75) is 19.4 Å². The molecular formula is C13H15BrN4O. The molecule has 1 amide bonds. The van der Waals surface area contributed by atoms with Crippen molar-refractivity contribution in [2.24, 2.45) is 0 Å². The number of unbranched alkanes of at least 4 members (excludes halogenated alkanes) is 1. The third kappa shape index (κ3) is 4.17. The molecule has 2 rings (SSSR count). The first kappa shape index (κ1) is 13.7. The van der Waals surface area contributed by atoms with E-state index in [2.05, 4.69) is 31.2 Å². The summed E-state index contributed by atoms with van der Waals surface area (Å²) >= 11 is 3.31. The monoisotopic (exact) mass is 322 g/mol. The number of hydrogen-bond donors (Lipinski definition) is 1. The smallest absolute Gasteiger partial charge is 0.271 e. The normalized spacial score (nSPS) is 10.4. The van der Waals surface area contributed by atoms with E-state index in [1.165, 1.54) is 0 Å². The zero-order valence-corrected chi connectivity index (χ0v) is 12.0. The Morgan fingerprint density at radius 2 is 2.26 bits per heavy atom. The fourth-order valence-electron chi connectivity index (χ4n) is 1.68. The molecule has 19 heavy (non-hydrogen) atoms. The Morgan fingerprint density at radius 3 is 3.00 bits per heavy atom. The molecule has 5 nitrogen and oxygen atoms in total. The zero-order chi connectivity index (χ0) is 13.5.